The Hall–Kier alpha value is -2.55. The number of benzene rings is 2. The molecule has 3 nitrogen and oxygen atoms in total. The molecule has 0 saturated carbocycles. The smallest absolute Gasteiger partial charge is 0.121 e. The molecule has 3 heteroatoms. The van der Waals surface area contributed by atoms with Gasteiger partial charge in [0.1, 0.15) is 5.82 Å². The molecular formula is C16H15N3. The predicted octanol–water partition coefficient (Wildman–Crippen LogP) is 3.34. The van der Waals surface area contributed by atoms with Gasteiger partial charge >= 0.3 is 0 Å². The van der Waals surface area contributed by atoms with E-state index < -0.39 is 0 Å². The van der Waals surface area contributed by atoms with Gasteiger partial charge in [-0.25, -0.2) is 0 Å². The largest absolute Gasteiger partial charge is 0.384 e. The zero-order chi connectivity index (χ0) is 13.2. The van der Waals surface area contributed by atoms with Gasteiger partial charge in [0.05, 0.1) is 5.69 Å². The summed E-state index contributed by atoms with van der Waals surface area (Å²) in [6, 6.07) is 20.6. The van der Waals surface area contributed by atoms with Crippen LogP contribution in [0.5, 0.6) is 0 Å². The molecule has 0 unspecified atom stereocenters. The molecule has 94 valence electrons. The van der Waals surface area contributed by atoms with Crippen molar-refractivity contribution in [3.05, 3.63) is 60.7 Å². The lowest BCUT2D eigenvalue weighted by atomic mass is 10.0. The van der Waals surface area contributed by atoms with Gasteiger partial charge in [-0.05, 0) is 11.1 Å². The first-order chi connectivity index (χ1) is 9.24. The Balaban J connectivity index is 1.95. The summed E-state index contributed by atoms with van der Waals surface area (Å²) in [6.07, 6.45) is 0. The predicted molar refractivity (Wildman–Crippen MR) is 78.5 cm³/mol. The van der Waals surface area contributed by atoms with E-state index in [4.69, 9.17) is 5.73 Å². The topological polar surface area (TPSA) is 43.8 Å². The molecule has 0 atom stereocenters. The van der Waals surface area contributed by atoms with E-state index in [1.54, 1.807) is 4.68 Å². The summed E-state index contributed by atoms with van der Waals surface area (Å²) in [5.41, 5.74) is 10.2. The minimum atomic E-state index is 0.669. The second-order valence-corrected chi connectivity index (χ2v) is 4.52. The second kappa shape index (κ2) is 4.61. The molecule has 0 aliphatic carbocycles. The van der Waals surface area contributed by atoms with Crippen LogP contribution in [0.3, 0.4) is 0 Å². The number of hydrogen-bond donors (Lipinski definition) is 1. The number of aryl methyl sites for hydroxylation is 1. The summed E-state index contributed by atoms with van der Waals surface area (Å²) in [6.45, 7) is 0. The average molecular weight is 249 g/mol. The average Bonchev–Trinajstić information content (AvgIpc) is 2.80. The maximum Gasteiger partial charge on any atom is 0.121 e. The highest BCUT2D eigenvalue weighted by atomic mass is 15.3. The van der Waals surface area contributed by atoms with Crippen LogP contribution in [0, 0.1) is 0 Å². The van der Waals surface area contributed by atoms with Gasteiger partial charge in [0.2, 0.25) is 0 Å². The van der Waals surface area contributed by atoms with Crippen LogP contribution in [-0.4, -0.2) is 9.78 Å². The van der Waals surface area contributed by atoms with E-state index in [9.17, 15) is 0 Å². The molecule has 2 N–H and O–H groups in total. The number of hydrogen-bond acceptors (Lipinski definition) is 2. The Kier molecular flexibility index (Phi) is 2.80. The van der Waals surface area contributed by atoms with Gasteiger partial charge in [0, 0.05) is 18.7 Å². The highest BCUT2D eigenvalue weighted by Gasteiger charge is 2.05. The van der Waals surface area contributed by atoms with Crippen molar-refractivity contribution < 1.29 is 0 Å². The maximum absolute atomic E-state index is 5.80. The van der Waals surface area contributed by atoms with E-state index in [1.807, 2.05) is 31.3 Å². The van der Waals surface area contributed by atoms with Gasteiger partial charge in [-0.15, -0.1) is 0 Å². The van der Waals surface area contributed by atoms with Crippen molar-refractivity contribution in [3.8, 4) is 22.4 Å². The minimum Gasteiger partial charge on any atom is -0.384 e. The van der Waals surface area contributed by atoms with Gasteiger partial charge in [-0.2, -0.15) is 5.10 Å². The molecular weight excluding hydrogens is 234 g/mol. The van der Waals surface area contributed by atoms with E-state index in [0.29, 0.717) is 5.82 Å². The van der Waals surface area contributed by atoms with Crippen LogP contribution in [0.15, 0.2) is 60.7 Å². The number of rotatable bonds is 2. The van der Waals surface area contributed by atoms with Crippen molar-refractivity contribution in [3.63, 3.8) is 0 Å². The second-order valence-electron chi connectivity index (χ2n) is 4.52. The van der Waals surface area contributed by atoms with Crippen LogP contribution in [0.2, 0.25) is 0 Å². The van der Waals surface area contributed by atoms with E-state index >= 15 is 0 Å². The fourth-order valence-corrected chi connectivity index (χ4v) is 2.09. The number of nitrogens with two attached hydrogens (primary N) is 1. The lowest BCUT2D eigenvalue weighted by Gasteiger charge is -2.02. The summed E-state index contributed by atoms with van der Waals surface area (Å²) in [5, 5.41) is 4.37. The molecule has 0 fully saturated rings. The molecule has 19 heavy (non-hydrogen) atoms. The lowest BCUT2D eigenvalue weighted by molar-refractivity contribution is 0.782. The fourth-order valence-electron chi connectivity index (χ4n) is 2.09. The SMILES string of the molecule is Cn1nc(-c2ccc(-c3ccccc3)cc2)cc1N. The summed E-state index contributed by atoms with van der Waals surface area (Å²) in [5.74, 6) is 0.669. The molecule has 2 aromatic carbocycles. The lowest BCUT2D eigenvalue weighted by Crippen LogP contribution is -1.96. The van der Waals surface area contributed by atoms with Gasteiger partial charge in [-0.3, -0.25) is 4.68 Å². The Morgan fingerprint density at radius 3 is 2.00 bits per heavy atom. The van der Waals surface area contributed by atoms with Crippen molar-refractivity contribution in [2.75, 3.05) is 5.73 Å². The third-order valence-corrected chi connectivity index (χ3v) is 3.20. The standard InChI is InChI=1S/C16H15N3/c1-19-16(17)11-15(18-19)14-9-7-13(8-10-14)12-5-3-2-4-6-12/h2-11H,17H2,1H3. The number of nitrogen functional groups attached to an aromatic ring is 1. The molecule has 1 heterocycles. The zero-order valence-electron chi connectivity index (χ0n) is 10.7. The van der Waals surface area contributed by atoms with Crippen LogP contribution in [0.4, 0.5) is 5.82 Å². The Morgan fingerprint density at radius 2 is 1.42 bits per heavy atom. The maximum atomic E-state index is 5.80. The summed E-state index contributed by atoms with van der Waals surface area (Å²) >= 11 is 0. The fraction of sp³-hybridized carbons (Fsp3) is 0.0625. The quantitative estimate of drug-likeness (QED) is 0.757. The summed E-state index contributed by atoms with van der Waals surface area (Å²) in [4.78, 5) is 0. The third kappa shape index (κ3) is 2.22. The van der Waals surface area contributed by atoms with E-state index in [1.165, 1.54) is 11.1 Å². The highest BCUT2D eigenvalue weighted by Crippen LogP contribution is 2.24. The van der Waals surface area contributed by atoms with Crippen molar-refractivity contribution in [2.24, 2.45) is 7.05 Å². The monoisotopic (exact) mass is 249 g/mol. The normalized spacial score (nSPS) is 10.6. The minimum absolute atomic E-state index is 0.669. The van der Waals surface area contributed by atoms with Gasteiger partial charge in [-0.1, -0.05) is 54.6 Å². The molecule has 1 aromatic heterocycles. The molecule has 3 aromatic rings. The Labute approximate surface area is 112 Å². The van der Waals surface area contributed by atoms with Crippen LogP contribution in [0.1, 0.15) is 0 Å². The summed E-state index contributed by atoms with van der Waals surface area (Å²) < 4.78 is 1.68. The molecule has 3 rings (SSSR count). The van der Waals surface area contributed by atoms with E-state index in [2.05, 4.69) is 41.5 Å². The molecule has 0 saturated heterocycles. The number of anilines is 1. The third-order valence-electron chi connectivity index (χ3n) is 3.20. The number of aromatic nitrogens is 2. The first-order valence-electron chi connectivity index (χ1n) is 6.19. The molecule has 0 aliphatic rings. The van der Waals surface area contributed by atoms with Crippen molar-refractivity contribution in [1.29, 1.82) is 0 Å². The molecule has 0 radical (unpaired) electrons. The Bertz CT molecular complexity index is 662. The van der Waals surface area contributed by atoms with Crippen LogP contribution < -0.4 is 5.73 Å². The van der Waals surface area contributed by atoms with Gasteiger partial charge in [0.15, 0.2) is 0 Å². The Morgan fingerprint density at radius 1 is 0.842 bits per heavy atom. The van der Waals surface area contributed by atoms with E-state index in [0.717, 1.165) is 11.3 Å². The van der Waals surface area contributed by atoms with Crippen molar-refractivity contribution >= 4 is 5.82 Å². The van der Waals surface area contributed by atoms with E-state index in [-0.39, 0.29) is 0 Å². The summed E-state index contributed by atoms with van der Waals surface area (Å²) in [7, 11) is 1.84. The van der Waals surface area contributed by atoms with Crippen molar-refractivity contribution in [1.82, 2.24) is 9.78 Å². The van der Waals surface area contributed by atoms with Gasteiger partial charge < -0.3 is 5.73 Å². The van der Waals surface area contributed by atoms with Crippen molar-refractivity contribution in [2.45, 2.75) is 0 Å². The molecule has 0 aliphatic heterocycles. The van der Waals surface area contributed by atoms with Crippen LogP contribution in [-0.2, 0) is 7.05 Å². The highest BCUT2D eigenvalue weighted by molar-refractivity contribution is 5.69. The molecule has 0 spiro atoms. The number of nitrogens with zero attached hydrogens (tertiary/aromatic N) is 2. The van der Waals surface area contributed by atoms with Crippen LogP contribution in [0.25, 0.3) is 22.4 Å². The zero-order valence-corrected chi connectivity index (χ0v) is 10.7. The van der Waals surface area contributed by atoms with Crippen LogP contribution >= 0.6 is 0 Å². The molecule has 0 bridgehead atoms. The molecule has 0 amide bonds. The first-order valence-corrected chi connectivity index (χ1v) is 6.19. The van der Waals surface area contributed by atoms with Gasteiger partial charge in [0.25, 0.3) is 0 Å². The first kappa shape index (κ1) is 11.5.